The molecule has 4 rings (SSSR count). The smallest absolute Gasteiger partial charge is 0.416 e. The van der Waals surface area contributed by atoms with Crippen LogP contribution in [-0.4, -0.2) is 64.4 Å². The second-order valence-electron chi connectivity index (χ2n) is 10.9. The zero-order chi connectivity index (χ0) is 24.8. The third-order valence-electron chi connectivity index (χ3n) is 7.02. The van der Waals surface area contributed by atoms with Gasteiger partial charge in [0.05, 0.1) is 6.04 Å². The van der Waals surface area contributed by atoms with E-state index in [0.29, 0.717) is 25.3 Å². The lowest BCUT2D eigenvalue weighted by atomic mass is 9.86. The van der Waals surface area contributed by atoms with Gasteiger partial charge in [0.1, 0.15) is 13.3 Å². The third kappa shape index (κ3) is 6.76. The van der Waals surface area contributed by atoms with Gasteiger partial charge in [-0.15, -0.1) is 5.10 Å². The standard InChI is InChI=1S/C25H37N5O4Si/c1-35(2,3)14-13-33-18-29-23(26-27-28-29)16-22(20-11-7-8-12-20)24(31)30-21(17-34-25(30)32)15-19-9-5-4-6-10-19/h4-6,9-10,20-22H,7-8,11-18H2,1-3H3. The van der Waals surface area contributed by atoms with E-state index in [4.69, 9.17) is 9.47 Å². The van der Waals surface area contributed by atoms with Crippen molar-refractivity contribution in [2.45, 2.75) is 77.0 Å². The molecule has 10 heteroatoms. The Kier molecular flexibility index (Phi) is 8.33. The Hall–Kier alpha value is -2.59. The second-order valence-corrected chi connectivity index (χ2v) is 16.5. The number of ether oxygens (including phenoxy) is 2. The SMILES string of the molecule is C[Si](C)(C)CCOCn1nnnc1CC(C(=O)N1C(=O)OCC1Cc1ccccc1)C1CCCC1. The highest BCUT2D eigenvalue weighted by Gasteiger charge is 2.44. The minimum absolute atomic E-state index is 0.172. The number of nitrogens with zero attached hydrogens (tertiary/aromatic N) is 5. The largest absolute Gasteiger partial charge is 0.447 e. The number of carbonyl (C=O) groups is 2. The summed E-state index contributed by atoms with van der Waals surface area (Å²) in [4.78, 5) is 27.9. The summed E-state index contributed by atoms with van der Waals surface area (Å²) in [5.41, 5.74) is 1.07. The summed E-state index contributed by atoms with van der Waals surface area (Å²) in [7, 11) is -1.19. The first-order chi connectivity index (χ1) is 16.8. The Morgan fingerprint density at radius 1 is 1.20 bits per heavy atom. The van der Waals surface area contributed by atoms with Gasteiger partial charge in [-0.25, -0.2) is 14.4 Å². The van der Waals surface area contributed by atoms with Gasteiger partial charge >= 0.3 is 6.09 Å². The van der Waals surface area contributed by atoms with Gasteiger partial charge in [-0.1, -0.05) is 62.8 Å². The van der Waals surface area contributed by atoms with Crippen molar-refractivity contribution in [2.75, 3.05) is 13.2 Å². The minimum atomic E-state index is -1.19. The van der Waals surface area contributed by atoms with Crippen LogP contribution < -0.4 is 0 Å². The molecule has 1 saturated heterocycles. The van der Waals surface area contributed by atoms with Gasteiger partial charge in [-0.05, 0) is 47.2 Å². The molecule has 2 aromatic rings. The van der Waals surface area contributed by atoms with Gasteiger partial charge < -0.3 is 9.47 Å². The molecule has 9 nitrogen and oxygen atoms in total. The Morgan fingerprint density at radius 2 is 1.94 bits per heavy atom. The van der Waals surface area contributed by atoms with E-state index in [1.807, 2.05) is 30.3 Å². The molecule has 1 aliphatic heterocycles. The zero-order valence-electron chi connectivity index (χ0n) is 21.1. The first-order valence-electron chi connectivity index (χ1n) is 12.7. The zero-order valence-corrected chi connectivity index (χ0v) is 22.1. The molecule has 0 N–H and O–H groups in total. The van der Waals surface area contributed by atoms with E-state index >= 15 is 0 Å². The highest BCUT2D eigenvalue weighted by atomic mass is 28.3. The van der Waals surface area contributed by atoms with Crippen molar-refractivity contribution in [1.29, 1.82) is 0 Å². The van der Waals surface area contributed by atoms with Crippen LogP contribution in [0.1, 0.15) is 37.1 Å². The van der Waals surface area contributed by atoms with Gasteiger partial charge in [0, 0.05) is 27.0 Å². The van der Waals surface area contributed by atoms with Crippen LogP contribution in [0.2, 0.25) is 25.7 Å². The van der Waals surface area contributed by atoms with Crippen molar-refractivity contribution in [3.8, 4) is 0 Å². The number of benzene rings is 1. The fourth-order valence-corrected chi connectivity index (χ4v) is 5.71. The van der Waals surface area contributed by atoms with Crippen molar-refractivity contribution >= 4 is 20.1 Å². The normalized spacial score (nSPS) is 19.8. The monoisotopic (exact) mass is 499 g/mol. The number of aromatic nitrogens is 4. The van der Waals surface area contributed by atoms with Gasteiger partial charge in [0.15, 0.2) is 5.82 Å². The van der Waals surface area contributed by atoms with Crippen molar-refractivity contribution < 1.29 is 19.1 Å². The van der Waals surface area contributed by atoms with E-state index in [9.17, 15) is 9.59 Å². The molecule has 2 heterocycles. The summed E-state index contributed by atoms with van der Waals surface area (Å²) in [6.45, 7) is 8.09. The van der Waals surface area contributed by atoms with E-state index in [1.54, 1.807) is 4.68 Å². The van der Waals surface area contributed by atoms with Crippen LogP contribution in [0.25, 0.3) is 0 Å². The molecule has 2 unspecified atom stereocenters. The predicted molar refractivity (Wildman–Crippen MR) is 133 cm³/mol. The molecule has 2 amide bonds. The Bertz CT molecular complexity index is 987. The van der Waals surface area contributed by atoms with E-state index in [0.717, 1.165) is 37.3 Å². The Morgan fingerprint density at radius 3 is 2.66 bits per heavy atom. The molecule has 2 fully saturated rings. The summed E-state index contributed by atoms with van der Waals surface area (Å²) in [5, 5.41) is 12.2. The molecule has 0 radical (unpaired) electrons. The first-order valence-corrected chi connectivity index (χ1v) is 16.4. The van der Waals surface area contributed by atoms with E-state index in [2.05, 4.69) is 35.2 Å². The fourth-order valence-electron chi connectivity index (χ4n) is 4.96. The maximum Gasteiger partial charge on any atom is 0.416 e. The molecule has 1 saturated carbocycles. The van der Waals surface area contributed by atoms with Crippen molar-refractivity contribution in [1.82, 2.24) is 25.1 Å². The molecule has 1 aromatic carbocycles. The lowest BCUT2D eigenvalue weighted by molar-refractivity contribution is -0.135. The summed E-state index contributed by atoms with van der Waals surface area (Å²) >= 11 is 0. The topological polar surface area (TPSA) is 99.4 Å². The number of imide groups is 1. The van der Waals surface area contributed by atoms with Crippen LogP contribution in [0, 0.1) is 11.8 Å². The summed E-state index contributed by atoms with van der Waals surface area (Å²) < 4.78 is 12.8. The van der Waals surface area contributed by atoms with Crippen LogP contribution in [-0.2, 0) is 33.8 Å². The molecule has 35 heavy (non-hydrogen) atoms. The highest BCUT2D eigenvalue weighted by Crippen LogP contribution is 2.35. The lowest BCUT2D eigenvalue weighted by Crippen LogP contribution is -2.46. The van der Waals surface area contributed by atoms with Gasteiger partial charge in [-0.2, -0.15) is 0 Å². The van der Waals surface area contributed by atoms with E-state index in [1.165, 1.54) is 4.90 Å². The molecule has 0 bridgehead atoms. The van der Waals surface area contributed by atoms with Crippen molar-refractivity contribution in [3.05, 3.63) is 41.7 Å². The minimum Gasteiger partial charge on any atom is -0.447 e. The number of tetrazole rings is 1. The summed E-state index contributed by atoms with van der Waals surface area (Å²) in [5.74, 6) is 0.282. The average Bonchev–Trinajstić information content (AvgIpc) is 3.57. The molecule has 190 valence electrons. The fraction of sp³-hybridized carbons (Fsp3) is 0.640. The summed E-state index contributed by atoms with van der Waals surface area (Å²) in [6.07, 6.45) is 4.55. The third-order valence-corrected chi connectivity index (χ3v) is 8.72. The van der Waals surface area contributed by atoms with Gasteiger partial charge in [0.2, 0.25) is 5.91 Å². The Balaban J connectivity index is 1.47. The Labute approximate surface area is 208 Å². The quantitative estimate of drug-likeness (QED) is 0.341. The molecule has 2 atom stereocenters. The highest BCUT2D eigenvalue weighted by molar-refractivity contribution is 6.76. The van der Waals surface area contributed by atoms with Crippen molar-refractivity contribution in [2.24, 2.45) is 11.8 Å². The van der Waals surface area contributed by atoms with E-state index < -0.39 is 14.2 Å². The first kappa shape index (κ1) is 25.5. The van der Waals surface area contributed by atoms with Crippen molar-refractivity contribution in [3.63, 3.8) is 0 Å². The maximum absolute atomic E-state index is 13.9. The molecule has 1 aromatic heterocycles. The number of rotatable bonds is 11. The van der Waals surface area contributed by atoms with Gasteiger partial charge in [-0.3, -0.25) is 4.79 Å². The predicted octanol–water partition coefficient (Wildman–Crippen LogP) is 3.92. The van der Waals surface area contributed by atoms with Crippen LogP contribution in [0.4, 0.5) is 4.79 Å². The molecule has 0 spiro atoms. The number of carbonyl (C=O) groups excluding carboxylic acids is 2. The van der Waals surface area contributed by atoms with Crippen LogP contribution in [0.5, 0.6) is 0 Å². The van der Waals surface area contributed by atoms with Crippen LogP contribution >= 0.6 is 0 Å². The van der Waals surface area contributed by atoms with Gasteiger partial charge in [0.25, 0.3) is 0 Å². The number of cyclic esters (lactones) is 1. The number of hydrogen-bond acceptors (Lipinski definition) is 7. The summed E-state index contributed by atoms with van der Waals surface area (Å²) in [6, 6.07) is 10.7. The maximum atomic E-state index is 13.9. The van der Waals surface area contributed by atoms with Crippen LogP contribution in [0.15, 0.2) is 30.3 Å². The average molecular weight is 500 g/mol. The number of hydrogen-bond donors (Lipinski definition) is 0. The molecule has 2 aliphatic rings. The van der Waals surface area contributed by atoms with E-state index in [-0.39, 0.29) is 37.1 Å². The van der Waals surface area contributed by atoms with Crippen LogP contribution in [0.3, 0.4) is 0 Å². The lowest BCUT2D eigenvalue weighted by Gasteiger charge is -2.28. The molecule has 1 aliphatic carbocycles. The number of amides is 2. The second kappa shape index (κ2) is 11.4. The molecular formula is C25H37N5O4Si. The molecular weight excluding hydrogens is 462 g/mol.